The normalized spacial score (nSPS) is 9.95. The summed E-state index contributed by atoms with van der Waals surface area (Å²) in [6.07, 6.45) is -0.506. The topological polar surface area (TPSA) is 64.3 Å². The summed E-state index contributed by atoms with van der Waals surface area (Å²) in [5, 5.41) is 2.61. The number of carbonyl (C=O) groups is 1. The predicted octanol–water partition coefficient (Wildman–Crippen LogP) is 3.78. The van der Waals surface area contributed by atoms with E-state index in [2.05, 4.69) is 21.2 Å². The van der Waals surface area contributed by atoms with Gasteiger partial charge in [0.05, 0.1) is 0 Å². The molecule has 0 bridgehead atoms. The maximum Gasteiger partial charge on any atom is 0.411 e. The van der Waals surface area contributed by atoms with Crippen LogP contribution in [0, 0.1) is 0 Å². The molecule has 0 aliphatic heterocycles. The number of carbonyl (C=O) groups excluding carboxylic acids is 1. The van der Waals surface area contributed by atoms with Gasteiger partial charge in [0.15, 0.2) is 0 Å². The van der Waals surface area contributed by atoms with Gasteiger partial charge in [0.2, 0.25) is 0 Å². The molecule has 0 atom stereocenters. The molecule has 5 heteroatoms. The van der Waals surface area contributed by atoms with Crippen LogP contribution in [0.3, 0.4) is 0 Å². The van der Waals surface area contributed by atoms with Crippen molar-refractivity contribution in [3.8, 4) is 0 Å². The first kappa shape index (κ1) is 13.4. The summed E-state index contributed by atoms with van der Waals surface area (Å²) in [6, 6.07) is 14.5. The van der Waals surface area contributed by atoms with Crippen LogP contribution in [-0.2, 0) is 11.3 Å². The third-order valence-corrected chi connectivity index (χ3v) is 2.94. The van der Waals surface area contributed by atoms with Gasteiger partial charge >= 0.3 is 6.09 Å². The molecule has 2 aromatic carbocycles. The number of hydrogen-bond acceptors (Lipinski definition) is 3. The van der Waals surface area contributed by atoms with Gasteiger partial charge in [0.25, 0.3) is 0 Å². The van der Waals surface area contributed by atoms with E-state index in [1.807, 2.05) is 24.3 Å². The fourth-order valence-electron chi connectivity index (χ4n) is 1.50. The second-order valence-corrected chi connectivity index (χ2v) is 4.87. The molecular formula is C14H13BrN2O2. The van der Waals surface area contributed by atoms with Crippen LogP contribution in [0.1, 0.15) is 5.56 Å². The molecule has 0 saturated carbocycles. The van der Waals surface area contributed by atoms with Gasteiger partial charge < -0.3 is 10.5 Å². The zero-order valence-corrected chi connectivity index (χ0v) is 11.7. The minimum Gasteiger partial charge on any atom is -0.444 e. The summed E-state index contributed by atoms with van der Waals surface area (Å²) >= 11 is 3.34. The summed E-state index contributed by atoms with van der Waals surface area (Å²) in [5.41, 5.74) is 7.74. The number of anilines is 2. The monoisotopic (exact) mass is 320 g/mol. The van der Waals surface area contributed by atoms with E-state index in [-0.39, 0.29) is 6.61 Å². The van der Waals surface area contributed by atoms with Crippen LogP contribution in [0.25, 0.3) is 0 Å². The highest BCUT2D eigenvalue weighted by Gasteiger charge is 2.03. The van der Waals surface area contributed by atoms with Gasteiger partial charge in [0, 0.05) is 15.8 Å². The third kappa shape index (κ3) is 4.30. The van der Waals surface area contributed by atoms with E-state index >= 15 is 0 Å². The van der Waals surface area contributed by atoms with E-state index in [1.54, 1.807) is 24.3 Å². The molecule has 98 valence electrons. The number of nitrogens with two attached hydrogens (primary N) is 1. The van der Waals surface area contributed by atoms with E-state index in [4.69, 9.17) is 10.5 Å². The number of rotatable bonds is 3. The quantitative estimate of drug-likeness (QED) is 0.846. The van der Waals surface area contributed by atoms with Gasteiger partial charge in [-0.15, -0.1) is 0 Å². The molecule has 1 amide bonds. The van der Waals surface area contributed by atoms with Crippen molar-refractivity contribution in [2.75, 3.05) is 11.1 Å². The lowest BCUT2D eigenvalue weighted by atomic mass is 10.2. The van der Waals surface area contributed by atoms with E-state index in [0.717, 1.165) is 10.0 Å². The first-order valence-corrected chi connectivity index (χ1v) is 6.46. The number of hydrogen-bond donors (Lipinski definition) is 2. The largest absolute Gasteiger partial charge is 0.444 e. The van der Waals surface area contributed by atoms with Crippen molar-refractivity contribution in [2.24, 2.45) is 0 Å². The molecule has 0 aliphatic carbocycles. The number of nitrogen functional groups attached to an aromatic ring is 1. The minimum absolute atomic E-state index is 0.224. The molecular weight excluding hydrogens is 308 g/mol. The Morgan fingerprint density at radius 1 is 1.21 bits per heavy atom. The predicted molar refractivity (Wildman–Crippen MR) is 78.8 cm³/mol. The number of amides is 1. The average molecular weight is 321 g/mol. The highest BCUT2D eigenvalue weighted by atomic mass is 79.9. The van der Waals surface area contributed by atoms with Gasteiger partial charge in [0.1, 0.15) is 6.61 Å². The Balaban J connectivity index is 1.86. The molecule has 4 nitrogen and oxygen atoms in total. The van der Waals surface area contributed by atoms with Gasteiger partial charge in [-0.1, -0.05) is 34.1 Å². The van der Waals surface area contributed by atoms with Crippen molar-refractivity contribution in [3.63, 3.8) is 0 Å². The zero-order chi connectivity index (χ0) is 13.7. The smallest absolute Gasteiger partial charge is 0.411 e. The van der Waals surface area contributed by atoms with Crippen LogP contribution in [-0.4, -0.2) is 6.09 Å². The van der Waals surface area contributed by atoms with Crippen LogP contribution < -0.4 is 11.1 Å². The number of benzene rings is 2. The molecule has 0 saturated heterocycles. The minimum atomic E-state index is -0.506. The molecule has 2 rings (SSSR count). The summed E-state index contributed by atoms with van der Waals surface area (Å²) in [4.78, 5) is 11.6. The Morgan fingerprint density at radius 2 is 1.95 bits per heavy atom. The maximum atomic E-state index is 11.6. The highest BCUT2D eigenvalue weighted by molar-refractivity contribution is 9.10. The Morgan fingerprint density at radius 3 is 2.63 bits per heavy atom. The molecule has 19 heavy (non-hydrogen) atoms. The summed E-state index contributed by atoms with van der Waals surface area (Å²) in [6.45, 7) is 0.224. The molecule has 3 N–H and O–H groups in total. The molecule has 2 aromatic rings. The number of ether oxygens (including phenoxy) is 1. The second kappa shape index (κ2) is 6.24. The van der Waals surface area contributed by atoms with E-state index in [1.165, 1.54) is 0 Å². The lowest BCUT2D eigenvalue weighted by molar-refractivity contribution is 0.155. The standard InChI is InChI=1S/C14H13BrN2O2/c15-11-6-4-10(5-7-11)9-19-14(18)17-13-3-1-2-12(16)8-13/h1-8H,9,16H2,(H,17,18). The summed E-state index contributed by atoms with van der Waals surface area (Å²) in [7, 11) is 0. The second-order valence-electron chi connectivity index (χ2n) is 3.95. The Kier molecular flexibility index (Phi) is 4.41. The highest BCUT2D eigenvalue weighted by Crippen LogP contribution is 2.13. The lowest BCUT2D eigenvalue weighted by Crippen LogP contribution is -2.13. The molecule has 0 fully saturated rings. The molecule has 0 heterocycles. The molecule has 0 aromatic heterocycles. The van der Waals surface area contributed by atoms with Crippen LogP contribution in [0.5, 0.6) is 0 Å². The molecule has 0 aliphatic rings. The van der Waals surface area contributed by atoms with Crippen LogP contribution in [0.2, 0.25) is 0 Å². The van der Waals surface area contributed by atoms with Crippen LogP contribution in [0.4, 0.5) is 16.2 Å². The number of halogens is 1. The Hall–Kier alpha value is -2.01. The molecule has 0 unspecified atom stereocenters. The molecule has 0 radical (unpaired) electrons. The van der Waals surface area contributed by atoms with Gasteiger partial charge in [-0.25, -0.2) is 4.79 Å². The van der Waals surface area contributed by atoms with Crippen molar-refractivity contribution in [1.29, 1.82) is 0 Å². The average Bonchev–Trinajstić information content (AvgIpc) is 2.38. The van der Waals surface area contributed by atoms with Crippen molar-refractivity contribution >= 4 is 33.4 Å². The Bertz CT molecular complexity index is 570. The third-order valence-electron chi connectivity index (χ3n) is 2.42. The van der Waals surface area contributed by atoms with Gasteiger partial charge in [-0.3, -0.25) is 5.32 Å². The van der Waals surface area contributed by atoms with Crippen molar-refractivity contribution < 1.29 is 9.53 Å². The molecule has 0 spiro atoms. The van der Waals surface area contributed by atoms with Crippen molar-refractivity contribution in [3.05, 3.63) is 58.6 Å². The first-order chi connectivity index (χ1) is 9.13. The van der Waals surface area contributed by atoms with E-state index in [0.29, 0.717) is 11.4 Å². The fourth-order valence-corrected chi connectivity index (χ4v) is 1.76. The van der Waals surface area contributed by atoms with Crippen molar-refractivity contribution in [1.82, 2.24) is 0 Å². The zero-order valence-electron chi connectivity index (χ0n) is 10.1. The Labute approximate surface area is 119 Å². The van der Waals surface area contributed by atoms with Gasteiger partial charge in [-0.05, 0) is 35.9 Å². The van der Waals surface area contributed by atoms with Crippen LogP contribution >= 0.6 is 15.9 Å². The van der Waals surface area contributed by atoms with E-state index < -0.39 is 6.09 Å². The SMILES string of the molecule is Nc1cccc(NC(=O)OCc2ccc(Br)cc2)c1. The lowest BCUT2D eigenvalue weighted by Gasteiger charge is -2.07. The maximum absolute atomic E-state index is 11.6. The number of nitrogens with one attached hydrogen (secondary N) is 1. The summed E-state index contributed by atoms with van der Waals surface area (Å²) < 4.78 is 6.09. The first-order valence-electron chi connectivity index (χ1n) is 5.67. The van der Waals surface area contributed by atoms with Gasteiger partial charge in [-0.2, -0.15) is 0 Å². The fraction of sp³-hybridized carbons (Fsp3) is 0.0714. The van der Waals surface area contributed by atoms with Crippen molar-refractivity contribution in [2.45, 2.75) is 6.61 Å². The van der Waals surface area contributed by atoms with Crippen LogP contribution in [0.15, 0.2) is 53.0 Å². The van der Waals surface area contributed by atoms with E-state index in [9.17, 15) is 4.79 Å². The summed E-state index contributed by atoms with van der Waals surface area (Å²) in [5.74, 6) is 0.